The molecular formula is C26H27NO4. The van der Waals surface area contributed by atoms with E-state index < -0.39 is 11.5 Å². The molecule has 0 spiro atoms. The third kappa shape index (κ3) is 4.42. The second kappa shape index (κ2) is 8.82. The minimum atomic E-state index is -0.849. The number of aliphatic carboxylic acids is 1. The number of carbonyl (C=O) groups is 1. The van der Waals surface area contributed by atoms with Crippen LogP contribution in [0.2, 0.25) is 0 Å². The first-order valence-corrected chi connectivity index (χ1v) is 10.4. The van der Waals surface area contributed by atoms with Crippen molar-refractivity contribution in [2.75, 3.05) is 6.79 Å². The molecule has 0 aromatic heterocycles. The highest BCUT2D eigenvalue weighted by atomic mass is 16.7. The normalized spacial score (nSPS) is 15.5. The number of carboxylic acid groups (broad SMARTS) is 1. The first kappa shape index (κ1) is 20.9. The minimum Gasteiger partial charge on any atom is -0.481 e. The smallest absolute Gasteiger partial charge is 0.305 e. The molecule has 2 atom stereocenters. The van der Waals surface area contributed by atoms with Gasteiger partial charge in [-0.05, 0) is 42.7 Å². The summed E-state index contributed by atoms with van der Waals surface area (Å²) < 4.78 is 11.1. The molecule has 0 radical (unpaired) electrons. The molecule has 160 valence electrons. The molecule has 1 heterocycles. The van der Waals surface area contributed by atoms with E-state index in [9.17, 15) is 9.90 Å². The highest BCUT2D eigenvalue weighted by Gasteiger charge is 2.40. The van der Waals surface area contributed by atoms with Crippen LogP contribution in [0.1, 0.15) is 43.0 Å². The van der Waals surface area contributed by atoms with Crippen LogP contribution in [0.5, 0.6) is 11.5 Å². The average molecular weight is 418 g/mol. The van der Waals surface area contributed by atoms with Crippen LogP contribution in [0, 0.1) is 0 Å². The standard InChI is InChI=1S/C26H27NO4/c1-19(21-11-7-4-8-12-21)27(17-20-9-5-3-6-10-20)26(2,16-25(28)29)22-13-14-23-24(15-22)31-18-30-23/h3-15,19H,16-18H2,1-2H3,(H,28,29)/t19-,26+/m1/s1. The fourth-order valence-electron chi connectivity index (χ4n) is 4.33. The third-order valence-corrected chi connectivity index (χ3v) is 6.07. The van der Waals surface area contributed by atoms with Crippen LogP contribution < -0.4 is 9.47 Å². The topological polar surface area (TPSA) is 59.0 Å². The predicted octanol–water partition coefficient (Wildman–Crippen LogP) is 5.37. The second-order valence-electron chi connectivity index (χ2n) is 8.11. The number of ether oxygens (including phenoxy) is 2. The van der Waals surface area contributed by atoms with E-state index in [1.54, 1.807) is 0 Å². The Hall–Kier alpha value is -3.31. The van der Waals surface area contributed by atoms with E-state index in [-0.39, 0.29) is 19.3 Å². The number of fused-ring (bicyclic) bond motifs is 1. The third-order valence-electron chi connectivity index (χ3n) is 6.07. The highest BCUT2D eigenvalue weighted by molar-refractivity contribution is 5.69. The number of rotatable bonds is 8. The van der Waals surface area contributed by atoms with Crippen LogP contribution >= 0.6 is 0 Å². The maximum atomic E-state index is 12.1. The van der Waals surface area contributed by atoms with Crippen molar-refractivity contribution in [3.63, 3.8) is 0 Å². The SMILES string of the molecule is C[C@H](c1ccccc1)N(Cc1ccccc1)[C@@](C)(CC(=O)O)c1ccc2c(c1)OCO2. The van der Waals surface area contributed by atoms with Crippen LogP contribution in [0.4, 0.5) is 0 Å². The lowest BCUT2D eigenvalue weighted by atomic mass is 9.84. The summed E-state index contributed by atoms with van der Waals surface area (Å²) in [6.07, 6.45) is -0.0450. The molecule has 1 aliphatic rings. The van der Waals surface area contributed by atoms with Gasteiger partial charge in [-0.15, -0.1) is 0 Å². The van der Waals surface area contributed by atoms with Gasteiger partial charge in [0.05, 0.1) is 12.0 Å². The van der Waals surface area contributed by atoms with E-state index in [0.717, 1.165) is 16.7 Å². The molecule has 0 bridgehead atoms. The highest BCUT2D eigenvalue weighted by Crippen LogP contribution is 2.43. The fourth-order valence-corrected chi connectivity index (χ4v) is 4.33. The molecule has 1 N–H and O–H groups in total. The molecule has 0 saturated heterocycles. The van der Waals surface area contributed by atoms with Crippen LogP contribution in [-0.2, 0) is 16.9 Å². The van der Waals surface area contributed by atoms with E-state index in [1.165, 1.54) is 0 Å². The summed E-state index contributed by atoms with van der Waals surface area (Å²) in [4.78, 5) is 14.3. The van der Waals surface area contributed by atoms with Gasteiger partial charge in [0.2, 0.25) is 6.79 Å². The second-order valence-corrected chi connectivity index (χ2v) is 8.11. The lowest BCUT2D eigenvalue weighted by Crippen LogP contribution is -2.46. The van der Waals surface area contributed by atoms with Gasteiger partial charge in [-0.1, -0.05) is 66.7 Å². The van der Waals surface area contributed by atoms with Crippen LogP contribution in [0.25, 0.3) is 0 Å². The van der Waals surface area contributed by atoms with Crippen molar-refractivity contribution in [1.82, 2.24) is 4.90 Å². The molecule has 0 saturated carbocycles. The molecule has 0 unspecified atom stereocenters. The van der Waals surface area contributed by atoms with Crippen molar-refractivity contribution < 1.29 is 19.4 Å². The number of hydrogen-bond acceptors (Lipinski definition) is 4. The largest absolute Gasteiger partial charge is 0.481 e. The monoisotopic (exact) mass is 417 g/mol. The van der Waals surface area contributed by atoms with Gasteiger partial charge in [0.1, 0.15) is 0 Å². The van der Waals surface area contributed by atoms with Gasteiger partial charge in [0, 0.05) is 12.6 Å². The zero-order chi connectivity index (χ0) is 21.8. The van der Waals surface area contributed by atoms with Crippen molar-refractivity contribution >= 4 is 5.97 Å². The molecular weight excluding hydrogens is 390 g/mol. The summed E-state index contributed by atoms with van der Waals surface area (Å²) in [7, 11) is 0. The van der Waals surface area contributed by atoms with Crippen LogP contribution in [0.15, 0.2) is 78.9 Å². The molecule has 1 aliphatic heterocycles. The Morgan fingerprint density at radius 2 is 1.65 bits per heavy atom. The number of benzene rings is 3. The van der Waals surface area contributed by atoms with E-state index in [2.05, 4.69) is 36.1 Å². The summed E-state index contributed by atoms with van der Waals surface area (Å²) >= 11 is 0. The molecule has 3 aromatic carbocycles. The number of hydrogen-bond donors (Lipinski definition) is 1. The Labute approximate surface area is 182 Å². The van der Waals surface area contributed by atoms with Gasteiger partial charge in [0.15, 0.2) is 11.5 Å². The summed E-state index contributed by atoms with van der Waals surface area (Å²) in [5.74, 6) is 0.492. The van der Waals surface area contributed by atoms with E-state index >= 15 is 0 Å². The molecule has 0 fully saturated rings. The average Bonchev–Trinajstić information content (AvgIpc) is 3.26. The van der Waals surface area contributed by atoms with Gasteiger partial charge in [-0.3, -0.25) is 9.69 Å². The molecule has 3 aromatic rings. The Morgan fingerprint density at radius 3 is 2.32 bits per heavy atom. The van der Waals surface area contributed by atoms with Crippen LogP contribution in [-0.4, -0.2) is 22.8 Å². The van der Waals surface area contributed by atoms with Gasteiger partial charge in [-0.25, -0.2) is 0 Å². The Kier molecular flexibility index (Phi) is 5.96. The van der Waals surface area contributed by atoms with Gasteiger partial charge >= 0.3 is 5.97 Å². The van der Waals surface area contributed by atoms with Gasteiger partial charge < -0.3 is 14.6 Å². The predicted molar refractivity (Wildman–Crippen MR) is 119 cm³/mol. The molecule has 0 amide bonds. The van der Waals surface area contributed by atoms with Crippen molar-refractivity contribution in [2.45, 2.75) is 38.4 Å². The number of carboxylic acids is 1. The van der Waals surface area contributed by atoms with Crippen molar-refractivity contribution in [3.8, 4) is 11.5 Å². The molecule has 0 aliphatic carbocycles. The van der Waals surface area contributed by atoms with E-state index in [1.807, 2.05) is 61.5 Å². The summed E-state index contributed by atoms with van der Waals surface area (Å²) in [5.41, 5.74) is 2.37. The van der Waals surface area contributed by atoms with Gasteiger partial charge in [-0.2, -0.15) is 0 Å². The maximum Gasteiger partial charge on any atom is 0.305 e. The van der Waals surface area contributed by atoms with E-state index in [4.69, 9.17) is 9.47 Å². The quantitative estimate of drug-likeness (QED) is 0.534. The molecule has 31 heavy (non-hydrogen) atoms. The van der Waals surface area contributed by atoms with Crippen molar-refractivity contribution in [1.29, 1.82) is 0 Å². The van der Waals surface area contributed by atoms with E-state index in [0.29, 0.717) is 18.0 Å². The summed E-state index contributed by atoms with van der Waals surface area (Å²) in [6.45, 7) is 4.92. The minimum absolute atomic E-state index is 0.0174. The Balaban J connectivity index is 1.82. The lowest BCUT2D eigenvalue weighted by molar-refractivity contribution is -0.141. The van der Waals surface area contributed by atoms with Crippen molar-refractivity contribution in [3.05, 3.63) is 95.6 Å². The first-order chi connectivity index (χ1) is 15.0. The van der Waals surface area contributed by atoms with Gasteiger partial charge in [0.25, 0.3) is 0 Å². The maximum absolute atomic E-state index is 12.1. The molecule has 5 heteroatoms. The summed E-state index contributed by atoms with van der Waals surface area (Å²) in [5, 5.41) is 9.89. The zero-order valence-electron chi connectivity index (χ0n) is 17.8. The zero-order valence-corrected chi connectivity index (χ0v) is 17.8. The first-order valence-electron chi connectivity index (χ1n) is 10.4. The Morgan fingerprint density at radius 1 is 1.00 bits per heavy atom. The van der Waals surface area contributed by atoms with Crippen molar-refractivity contribution in [2.24, 2.45) is 0 Å². The lowest BCUT2D eigenvalue weighted by Gasteiger charge is -2.45. The fraction of sp³-hybridized carbons (Fsp3) is 0.269. The summed E-state index contributed by atoms with van der Waals surface area (Å²) in [6, 6.07) is 26.1. The van der Waals surface area contributed by atoms with Crippen LogP contribution in [0.3, 0.4) is 0 Å². The molecule has 4 rings (SSSR count). The number of nitrogens with zero attached hydrogens (tertiary/aromatic N) is 1. The Bertz CT molecular complexity index is 1040. The molecule has 5 nitrogen and oxygen atoms in total.